The van der Waals surface area contributed by atoms with E-state index in [1.165, 1.54) is 0 Å². The van der Waals surface area contributed by atoms with Gasteiger partial charge in [0.05, 0.1) is 29.9 Å². The summed E-state index contributed by atoms with van der Waals surface area (Å²) >= 11 is 0. The highest BCUT2D eigenvalue weighted by Crippen LogP contribution is 2.34. The highest BCUT2D eigenvalue weighted by Gasteiger charge is 2.30. The van der Waals surface area contributed by atoms with Crippen LogP contribution in [-0.2, 0) is 10.0 Å². The second-order valence-electron chi connectivity index (χ2n) is 6.96. The minimum absolute atomic E-state index is 0.314. The number of sulfonamides is 1. The molecule has 28 heavy (non-hydrogen) atoms. The number of rotatable bonds is 4. The van der Waals surface area contributed by atoms with Crippen molar-refractivity contribution in [2.24, 2.45) is 0 Å². The number of hydrogen-bond donors (Lipinski definition) is 0. The molecular formula is C20H25N3O4S. The second-order valence-corrected chi connectivity index (χ2v) is 8.90. The van der Waals surface area contributed by atoms with Crippen LogP contribution in [0.4, 0.5) is 11.4 Å². The van der Waals surface area contributed by atoms with E-state index in [1.54, 1.807) is 29.6 Å². The van der Waals surface area contributed by atoms with Crippen LogP contribution in [0.2, 0.25) is 0 Å². The lowest BCUT2D eigenvalue weighted by atomic mass is 10.2. The summed E-state index contributed by atoms with van der Waals surface area (Å²) in [5, 5.41) is 0. The van der Waals surface area contributed by atoms with E-state index in [2.05, 4.69) is 4.90 Å². The van der Waals surface area contributed by atoms with Gasteiger partial charge in [-0.05, 0) is 30.3 Å². The second kappa shape index (κ2) is 7.52. The van der Waals surface area contributed by atoms with Crippen LogP contribution in [0.1, 0.15) is 0 Å². The number of nitrogens with zero attached hydrogens (tertiary/aromatic N) is 3. The number of methoxy groups -OCH3 is 1. The van der Waals surface area contributed by atoms with E-state index in [0.717, 1.165) is 29.4 Å². The van der Waals surface area contributed by atoms with Gasteiger partial charge in [-0.15, -0.1) is 0 Å². The van der Waals surface area contributed by atoms with Gasteiger partial charge >= 0.3 is 0 Å². The summed E-state index contributed by atoms with van der Waals surface area (Å²) in [5.41, 5.74) is 1.81. The zero-order valence-corrected chi connectivity index (χ0v) is 17.0. The lowest BCUT2D eigenvalue weighted by molar-refractivity contribution is 0.311. The van der Waals surface area contributed by atoms with E-state index in [0.29, 0.717) is 37.7 Å². The van der Waals surface area contributed by atoms with Crippen molar-refractivity contribution in [3.8, 4) is 11.5 Å². The number of benzene rings is 2. The summed E-state index contributed by atoms with van der Waals surface area (Å²) in [6.07, 6.45) is 0. The van der Waals surface area contributed by atoms with Crippen LogP contribution in [0.25, 0.3) is 0 Å². The molecule has 0 unspecified atom stereocenters. The summed E-state index contributed by atoms with van der Waals surface area (Å²) in [6, 6.07) is 12.9. The molecule has 1 saturated heterocycles. The number of ether oxygens (including phenoxy) is 2. The highest BCUT2D eigenvalue weighted by molar-refractivity contribution is 7.89. The van der Waals surface area contributed by atoms with Crippen LogP contribution in [0.3, 0.4) is 0 Å². The molecule has 0 N–H and O–H groups in total. The van der Waals surface area contributed by atoms with Crippen molar-refractivity contribution >= 4 is 21.4 Å². The summed E-state index contributed by atoms with van der Waals surface area (Å²) in [7, 11) is 0.0503. The Morgan fingerprint density at radius 3 is 2.46 bits per heavy atom. The average molecular weight is 404 g/mol. The molecule has 0 aliphatic carbocycles. The first-order chi connectivity index (χ1) is 13.5. The maximum Gasteiger partial charge on any atom is 0.243 e. The molecule has 0 spiro atoms. The Labute approximate surface area is 166 Å². The number of piperazine rings is 1. The van der Waals surface area contributed by atoms with Gasteiger partial charge in [0.1, 0.15) is 18.1 Å². The average Bonchev–Trinajstić information content (AvgIpc) is 2.74. The zero-order valence-electron chi connectivity index (χ0n) is 16.2. The van der Waals surface area contributed by atoms with Crippen molar-refractivity contribution in [2.45, 2.75) is 4.90 Å². The van der Waals surface area contributed by atoms with Crippen molar-refractivity contribution < 1.29 is 17.9 Å². The van der Waals surface area contributed by atoms with Gasteiger partial charge in [-0.3, -0.25) is 0 Å². The van der Waals surface area contributed by atoms with Crippen LogP contribution in [0, 0.1) is 0 Å². The molecule has 150 valence electrons. The van der Waals surface area contributed by atoms with Gasteiger partial charge in [-0.25, -0.2) is 8.42 Å². The lowest BCUT2D eigenvalue weighted by Crippen LogP contribution is -2.48. The molecule has 2 heterocycles. The Bertz CT molecular complexity index is 956. The van der Waals surface area contributed by atoms with Gasteiger partial charge < -0.3 is 19.3 Å². The highest BCUT2D eigenvalue weighted by atomic mass is 32.2. The molecule has 0 saturated carbocycles. The van der Waals surface area contributed by atoms with Crippen molar-refractivity contribution in [3.05, 3.63) is 42.5 Å². The largest absolute Gasteiger partial charge is 0.495 e. The number of fused-ring (bicyclic) bond motifs is 1. The smallest absolute Gasteiger partial charge is 0.243 e. The molecule has 2 aromatic carbocycles. The van der Waals surface area contributed by atoms with Crippen LogP contribution in [-0.4, -0.2) is 66.2 Å². The molecule has 2 aliphatic heterocycles. The molecule has 0 bridgehead atoms. The molecule has 8 heteroatoms. The van der Waals surface area contributed by atoms with E-state index in [9.17, 15) is 8.42 Å². The Kier molecular flexibility index (Phi) is 5.07. The summed E-state index contributed by atoms with van der Waals surface area (Å²) in [4.78, 5) is 4.51. The van der Waals surface area contributed by atoms with Crippen molar-refractivity contribution in [1.82, 2.24) is 4.31 Å². The number of anilines is 2. The zero-order chi connectivity index (χ0) is 19.7. The minimum atomic E-state index is -3.55. The Balaban J connectivity index is 1.52. The molecular weight excluding hydrogens is 378 g/mol. The van der Waals surface area contributed by atoms with Crippen LogP contribution in [0.5, 0.6) is 11.5 Å². The van der Waals surface area contributed by atoms with E-state index in [-0.39, 0.29) is 0 Å². The number of para-hydroxylation sites is 2. The summed E-state index contributed by atoms with van der Waals surface area (Å²) in [6.45, 7) is 3.46. The third kappa shape index (κ3) is 3.38. The fourth-order valence-corrected chi connectivity index (χ4v) is 5.14. The fourth-order valence-electron chi connectivity index (χ4n) is 3.70. The first kappa shape index (κ1) is 18.9. The minimum Gasteiger partial charge on any atom is -0.495 e. The predicted octanol–water partition coefficient (Wildman–Crippen LogP) is 2.03. The first-order valence-corrected chi connectivity index (χ1v) is 10.8. The summed E-state index contributed by atoms with van der Waals surface area (Å²) < 4.78 is 39.0. The molecule has 2 aliphatic rings. The van der Waals surface area contributed by atoms with E-state index < -0.39 is 10.0 Å². The Morgan fingerprint density at radius 2 is 1.71 bits per heavy atom. The van der Waals surface area contributed by atoms with Gasteiger partial charge in [0.2, 0.25) is 10.0 Å². The third-order valence-corrected chi connectivity index (χ3v) is 7.22. The lowest BCUT2D eigenvalue weighted by Gasteiger charge is -2.36. The maximum absolute atomic E-state index is 13.2. The molecule has 4 rings (SSSR count). The van der Waals surface area contributed by atoms with Gasteiger partial charge in [-0.1, -0.05) is 12.1 Å². The SMILES string of the molecule is COc1ccccc1N1CCN(S(=O)(=O)c2ccc3c(c2)N(C)CCO3)CC1. The van der Waals surface area contributed by atoms with E-state index >= 15 is 0 Å². The van der Waals surface area contributed by atoms with Gasteiger partial charge in [-0.2, -0.15) is 4.31 Å². The quantitative estimate of drug-likeness (QED) is 0.779. The molecule has 0 amide bonds. The van der Waals surface area contributed by atoms with Crippen LogP contribution in [0.15, 0.2) is 47.4 Å². The van der Waals surface area contributed by atoms with Crippen LogP contribution >= 0.6 is 0 Å². The molecule has 7 nitrogen and oxygen atoms in total. The number of hydrogen-bond acceptors (Lipinski definition) is 6. The van der Waals surface area contributed by atoms with Crippen molar-refractivity contribution in [1.29, 1.82) is 0 Å². The molecule has 0 radical (unpaired) electrons. The predicted molar refractivity (Wildman–Crippen MR) is 109 cm³/mol. The normalized spacial score (nSPS) is 17.8. The Hall–Kier alpha value is -2.45. The monoisotopic (exact) mass is 403 g/mol. The molecule has 0 aromatic heterocycles. The van der Waals surface area contributed by atoms with Crippen molar-refractivity contribution in [3.63, 3.8) is 0 Å². The molecule has 2 aromatic rings. The molecule has 1 fully saturated rings. The van der Waals surface area contributed by atoms with Gasteiger partial charge in [0, 0.05) is 33.2 Å². The third-order valence-electron chi connectivity index (χ3n) is 5.33. The van der Waals surface area contributed by atoms with E-state index in [4.69, 9.17) is 9.47 Å². The summed E-state index contributed by atoms with van der Waals surface area (Å²) in [5.74, 6) is 1.53. The molecule has 0 atom stereocenters. The standard InChI is InChI=1S/C20H25N3O4S/c1-21-13-14-27-20-8-7-16(15-18(20)21)28(24,25)23-11-9-22(10-12-23)17-5-3-4-6-19(17)26-2/h3-8,15H,9-14H2,1-2H3. The van der Waals surface area contributed by atoms with Crippen molar-refractivity contribution in [2.75, 3.05) is 63.3 Å². The van der Waals surface area contributed by atoms with Gasteiger partial charge in [0.15, 0.2) is 0 Å². The Morgan fingerprint density at radius 1 is 0.964 bits per heavy atom. The van der Waals surface area contributed by atoms with Crippen LogP contribution < -0.4 is 19.3 Å². The topological polar surface area (TPSA) is 62.3 Å². The van der Waals surface area contributed by atoms with Gasteiger partial charge in [0.25, 0.3) is 0 Å². The maximum atomic E-state index is 13.2. The van der Waals surface area contributed by atoms with E-state index in [1.807, 2.05) is 36.2 Å². The first-order valence-electron chi connectivity index (χ1n) is 9.37. The number of likely N-dealkylation sites (N-methyl/N-ethyl adjacent to an activating group) is 1. The fraction of sp³-hybridized carbons (Fsp3) is 0.400.